The van der Waals surface area contributed by atoms with Crippen LogP contribution in [0, 0.1) is 5.82 Å². The maximum Gasteiger partial charge on any atom is 0.258 e. The second-order valence-corrected chi connectivity index (χ2v) is 6.10. The molecule has 0 amide bonds. The van der Waals surface area contributed by atoms with Gasteiger partial charge in [-0.25, -0.2) is 9.37 Å². The third kappa shape index (κ3) is 2.97. The molecule has 0 aliphatic heterocycles. The highest BCUT2D eigenvalue weighted by Crippen LogP contribution is 2.32. The third-order valence-corrected chi connectivity index (χ3v) is 4.26. The van der Waals surface area contributed by atoms with Crippen LogP contribution in [0.1, 0.15) is 18.0 Å². The SMILES string of the molecule is CC(Sc1ccc(F)cc1)c1nc2ccccc2c(=O)[nH]1. The summed E-state index contributed by atoms with van der Waals surface area (Å²) in [5.41, 5.74) is 0.546. The van der Waals surface area contributed by atoms with Crippen molar-refractivity contribution in [2.45, 2.75) is 17.1 Å². The topological polar surface area (TPSA) is 45.8 Å². The summed E-state index contributed by atoms with van der Waals surface area (Å²) in [6.45, 7) is 1.96. The molecule has 0 fully saturated rings. The van der Waals surface area contributed by atoms with Gasteiger partial charge in [-0.05, 0) is 43.3 Å². The Morgan fingerprint density at radius 2 is 1.86 bits per heavy atom. The Morgan fingerprint density at radius 1 is 1.14 bits per heavy atom. The van der Waals surface area contributed by atoms with Crippen LogP contribution in [0.3, 0.4) is 0 Å². The fourth-order valence-corrected chi connectivity index (χ4v) is 2.99. The van der Waals surface area contributed by atoms with Crippen molar-refractivity contribution in [2.75, 3.05) is 0 Å². The van der Waals surface area contributed by atoms with Crippen molar-refractivity contribution in [1.82, 2.24) is 9.97 Å². The molecule has 1 N–H and O–H groups in total. The lowest BCUT2D eigenvalue weighted by Crippen LogP contribution is -2.12. The molecule has 0 bridgehead atoms. The maximum absolute atomic E-state index is 12.9. The summed E-state index contributed by atoms with van der Waals surface area (Å²) in [6.07, 6.45) is 0. The van der Waals surface area contributed by atoms with Gasteiger partial charge < -0.3 is 4.98 Å². The van der Waals surface area contributed by atoms with Gasteiger partial charge in [-0.15, -0.1) is 11.8 Å². The van der Waals surface area contributed by atoms with E-state index in [0.29, 0.717) is 16.7 Å². The molecule has 106 valence electrons. The Morgan fingerprint density at radius 3 is 2.62 bits per heavy atom. The van der Waals surface area contributed by atoms with E-state index < -0.39 is 0 Å². The van der Waals surface area contributed by atoms with Crippen LogP contribution in [0.25, 0.3) is 10.9 Å². The lowest BCUT2D eigenvalue weighted by molar-refractivity contribution is 0.626. The highest BCUT2D eigenvalue weighted by Gasteiger charge is 2.12. The van der Waals surface area contributed by atoms with E-state index in [2.05, 4.69) is 9.97 Å². The summed E-state index contributed by atoms with van der Waals surface area (Å²) in [5, 5.41) is 0.549. The first-order valence-electron chi connectivity index (χ1n) is 6.54. The van der Waals surface area contributed by atoms with E-state index in [0.717, 1.165) is 4.90 Å². The molecule has 0 aliphatic carbocycles. The van der Waals surface area contributed by atoms with Gasteiger partial charge in [-0.1, -0.05) is 12.1 Å². The Bertz CT molecular complexity index is 830. The first-order valence-corrected chi connectivity index (χ1v) is 7.42. The first-order chi connectivity index (χ1) is 10.1. The number of benzene rings is 2. The molecule has 5 heteroatoms. The summed E-state index contributed by atoms with van der Waals surface area (Å²) in [5.74, 6) is 0.359. The van der Waals surface area contributed by atoms with Crippen LogP contribution in [-0.4, -0.2) is 9.97 Å². The summed E-state index contributed by atoms with van der Waals surface area (Å²) in [4.78, 5) is 20.3. The number of hydrogen-bond donors (Lipinski definition) is 1. The van der Waals surface area contributed by atoms with Crippen LogP contribution in [-0.2, 0) is 0 Å². The van der Waals surface area contributed by atoms with Gasteiger partial charge in [0.15, 0.2) is 0 Å². The van der Waals surface area contributed by atoms with Crippen molar-refractivity contribution < 1.29 is 4.39 Å². The number of nitrogens with zero attached hydrogens (tertiary/aromatic N) is 1. The Labute approximate surface area is 125 Å². The summed E-state index contributed by atoms with van der Waals surface area (Å²) in [6, 6.07) is 13.5. The lowest BCUT2D eigenvalue weighted by Gasteiger charge is -2.11. The fraction of sp³-hybridized carbons (Fsp3) is 0.125. The number of halogens is 1. The zero-order chi connectivity index (χ0) is 14.8. The molecular weight excluding hydrogens is 287 g/mol. The molecule has 1 atom stereocenters. The van der Waals surface area contributed by atoms with Crippen LogP contribution < -0.4 is 5.56 Å². The van der Waals surface area contributed by atoms with Gasteiger partial charge in [0.2, 0.25) is 0 Å². The van der Waals surface area contributed by atoms with E-state index in [1.54, 1.807) is 18.2 Å². The molecule has 0 saturated heterocycles. The number of fused-ring (bicyclic) bond motifs is 1. The third-order valence-electron chi connectivity index (χ3n) is 3.14. The van der Waals surface area contributed by atoms with E-state index in [4.69, 9.17) is 0 Å². The van der Waals surface area contributed by atoms with Crippen molar-refractivity contribution >= 4 is 22.7 Å². The summed E-state index contributed by atoms with van der Waals surface area (Å²) < 4.78 is 12.9. The molecule has 0 radical (unpaired) electrons. The zero-order valence-electron chi connectivity index (χ0n) is 11.3. The molecule has 1 heterocycles. The van der Waals surface area contributed by atoms with Gasteiger partial charge in [-0.2, -0.15) is 0 Å². The molecular formula is C16H13FN2OS. The van der Waals surface area contributed by atoms with Gasteiger partial charge in [0.1, 0.15) is 11.6 Å². The number of H-pyrrole nitrogens is 1. The van der Waals surface area contributed by atoms with Crippen molar-refractivity contribution in [3.8, 4) is 0 Å². The van der Waals surface area contributed by atoms with Crippen LogP contribution >= 0.6 is 11.8 Å². The van der Waals surface area contributed by atoms with Crippen molar-refractivity contribution in [3.05, 3.63) is 70.5 Å². The first kappa shape index (κ1) is 13.8. The van der Waals surface area contributed by atoms with Crippen molar-refractivity contribution in [2.24, 2.45) is 0 Å². The second kappa shape index (κ2) is 5.69. The molecule has 3 aromatic rings. The number of aromatic nitrogens is 2. The van der Waals surface area contributed by atoms with Gasteiger partial charge in [-0.3, -0.25) is 4.79 Å². The normalized spacial score (nSPS) is 12.5. The Balaban J connectivity index is 1.92. The van der Waals surface area contributed by atoms with Crippen LogP contribution in [0.2, 0.25) is 0 Å². The molecule has 2 aromatic carbocycles. The number of hydrogen-bond acceptors (Lipinski definition) is 3. The molecule has 3 rings (SSSR count). The molecule has 1 aromatic heterocycles. The summed E-state index contributed by atoms with van der Waals surface area (Å²) >= 11 is 1.52. The van der Waals surface area contributed by atoms with Crippen molar-refractivity contribution in [3.63, 3.8) is 0 Å². The average Bonchev–Trinajstić information content (AvgIpc) is 2.49. The maximum atomic E-state index is 12.9. The molecule has 1 unspecified atom stereocenters. The number of rotatable bonds is 3. The Kier molecular flexibility index (Phi) is 3.75. The van der Waals surface area contributed by atoms with Crippen LogP contribution in [0.4, 0.5) is 4.39 Å². The number of nitrogens with one attached hydrogen (secondary N) is 1. The van der Waals surface area contributed by atoms with E-state index in [1.807, 2.05) is 25.1 Å². The minimum atomic E-state index is -0.260. The number of aromatic amines is 1. The monoisotopic (exact) mass is 300 g/mol. The molecule has 0 saturated carbocycles. The van der Waals surface area contributed by atoms with Gasteiger partial charge in [0.25, 0.3) is 5.56 Å². The zero-order valence-corrected chi connectivity index (χ0v) is 12.2. The molecule has 0 aliphatic rings. The standard InChI is InChI=1S/C16H13FN2OS/c1-10(21-12-8-6-11(17)7-9-12)15-18-14-5-3-2-4-13(14)16(20)19-15/h2-10H,1H3,(H,18,19,20). The van der Waals surface area contributed by atoms with Gasteiger partial charge in [0.05, 0.1) is 16.2 Å². The quantitative estimate of drug-likeness (QED) is 0.746. The predicted octanol–water partition coefficient (Wildman–Crippen LogP) is 3.92. The number of para-hydroxylation sites is 1. The highest BCUT2D eigenvalue weighted by molar-refractivity contribution is 7.99. The van der Waals surface area contributed by atoms with E-state index in [9.17, 15) is 9.18 Å². The average molecular weight is 300 g/mol. The Hall–Kier alpha value is -2.14. The second-order valence-electron chi connectivity index (χ2n) is 4.68. The van der Waals surface area contributed by atoms with E-state index in [1.165, 1.54) is 23.9 Å². The largest absolute Gasteiger partial charge is 0.309 e. The molecule has 21 heavy (non-hydrogen) atoms. The molecule has 0 spiro atoms. The number of thioether (sulfide) groups is 1. The van der Waals surface area contributed by atoms with Crippen LogP contribution in [0.15, 0.2) is 58.2 Å². The van der Waals surface area contributed by atoms with Crippen molar-refractivity contribution in [1.29, 1.82) is 0 Å². The summed E-state index contributed by atoms with van der Waals surface area (Å²) in [7, 11) is 0. The van der Waals surface area contributed by atoms with E-state index >= 15 is 0 Å². The molecule has 3 nitrogen and oxygen atoms in total. The minimum Gasteiger partial charge on any atom is -0.309 e. The lowest BCUT2D eigenvalue weighted by atomic mass is 10.2. The predicted molar refractivity (Wildman–Crippen MR) is 83.0 cm³/mol. The van der Waals surface area contributed by atoms with Gasteiger partial charge in [0, 0.05) is 4.90 Å². The highest BCUT2D eigenvalue weighted by atomic mass is 32.2. The van der Waals surface area contributed by atoms with Crippen LogP contribution in [0.5, 0.6) is 0 Å². The fourth-order valence-electron chi connectivity index (χ4n) is 2.07. The van der Waals surface area contributed by atoms with Gasteiger partial charge >= 0.3 is 0 Å². The smallest absolute Gasteiger partial charge is 0.258 e. The van der Waals surface area contributed by atoms with E-state index in [-0.39, 0.29) is 16.6 Å². The minimum absolute atomic E-state index is 0.0345.